The number of amides is 2. The lowest BCUT2D eigenvalue weighted by atomic mass is 10.1. The molecular weight excluding hydrogens is 390 g/mol. The SMILES string of the molecule is CNC(=O)CN1CCC(NC(=O)CSc2ccc(Br)cc2C)CC1. The number of benzene rings is 1. The summed E-state index contributed by atoms with van der Waals surface area (Å²) in [4.78, 5) is 26.8. The summed E-state index contributed by atoms with van der Waals surface area (Å²) in [6.07, 6.45) is 1.79. The molecule has 0 saturated carbocycles. The Labute approximate surface area is 156 Å². The Morgan fingerprint density at radius 2 is 2.00 bits per heavy atom. The molecule has 1 saturated heterocycles. The van der Waals surface area contributed by atoms with Crippen LogP contribution in [-0.2, 0) is 9.59 Å². The van der Waals surface area contributed by atoms with Crippen molar-refractivity contribution >= 4 is 39.5 Å². The van der Waals surface area contributed by atoms with E-state index >= 15 is 0 Å². The molecule has 2 rings (SSSR count). The first-order valence-electron chi connectivity index (χ1n) is 8.09. The molecule has 24 heavy (non-hydrogen) atoms. The number of hydrogen-bond donors (Lipinski definition) is 2. The van der Waals surface area contributed by atoms with Crippen molar-refractivity contribution in [3.8, 4) is 0 Å². The molecule has 1 aromatic rings. The molecule has 7 heteroatoms. The lowest BCUT2D eigenvalue weighted by Gasteiger charge is -2.31. The number of carbonyl (C=O) groups is 2. The molecule has 2 amide bonds. The summed E-state index contributed by atoms with van der Waals surface area (Å²) in [6.45, 7) is 4.18. The standard InChI is InChI=1S/C17H24BrN3O2S/c1-12-9-13(18)3-4-15(12)24-11-17(23)20-14-5-7-21(8-6-14)10-16(22)19-2/h3-4,9,14H,5-8,10-11H2,1-2H3,(H,19,22)(H,20,23). The second kappa shape index (κ2) is 9.44. The molecule has 0 atom stereocenters. The number of piperidine rings is 1. The van der Waals surface area contributed by atoms with Crippen molar-refractivity contribution in [2.75, 3.05) is 32.4 Å². The Bertz CT molecular complexity index is 589. The van der Waals surface area contributed by atoms with Gasteiger partial charge >= 0.3 is 0 Å². The minimum Gasteiger partial charge on any atom is -0.358 e. The summed E-state index contributed by atoms with van der Waals surface area (Å²) in [5.74, 6) is 0.548. The highest BCUT2D eigenvalue weighted by Crippen LogP contribution is 2.25. The Morgan fingerprint density at radius 1 is 1.29 bits per heavy atom. The predicted octanol–water partition coefficient (Wildman–Crippen LogP) is 2.18. The lowest BCUT2D eigenvalue weighted by molar-refractivity contribution is -0.123. The number of hydrogen-bond acceptors (Lipinski definition) is 4. The van der Waals surface area contributed by atoms with Crippen LogP contribution < -0.4 is 10.6 Å². The number of nitrogens with zero attached hydrogens (tertiary/aromatic N) is 1. The Hall–Kier alpha value is -1.05. The zero-order valence-corrected chi connectivity index (χ0v) is 16.5. The number of likely N-dealkylation sites (N-methyl/N-ethyl adjacent to an activating group) is 1. The summed E-state index contributed by atoms with van der Waals surface area (Å²) >= 11 is 5.02. The van der Waals surface area contributed by atoms with Gasteiger partial charge in [0.2, 0.25) is 11.8 Å². The molecule has 1 aliphatic rings. The molecule has 0 aliphatic carbocycles. The third kappa shape index (κ3) is 6.11. The van der Waals surface area contributed by atoms with E-state index < -0.39 is 0 Å². The lowest BCUT2D eigenvalue weighted by Crippen LogP contribution is -2.47. The van der Waals surface area contributed by atoms with Crippen LogP contribution in [0.2, 0.25) is 0 Å². The number of rotatable bonds is 6. The molecule has 1 aliphatic heterocycles. The summed E-state index contributed by atoms with van der Waals surface area (Å²) in [5.41, 5.74) is 1.17. The molecular formula is C17H24BrN3O2S. The molecule has 0 unspecified atom stereocenters. The van der Waals surface area contributed by atoms with Crippen LogP contribution >= 0.6 is 27.7 Å². The average Bonchev–Trinajstić information content (AvgIpc) is 2.55. The molecule has 0 aromatic heterocycles. The van der Waals surface area contributed by atoms with Crippen LogP contribution in [0.3, 0.4) is 0 Å². The monoisotopic (exact) mass is 413 g/mol. The van der Waals surface area contributed by atoms with Crippen LogP contribution in [0, 0.1) is 6.92 Å². The minimum atomic E-state index is 0.0405. The Morgan fingerprint density at radius 3 is 2.62 bits per heavy atom. The van der Waals surface area contributed by atoms with Gasteiger partial charge in [-0.1, -0.05) is 15.9 Å². The maximum atomic E-state index is 12.1. The summed E-state index contributed by atoms with van der Waals surface area (Å²) in [5, 5.41) is 5.75. The molecule has 0 spiro atoms. The average molecular weight is 414 g/mol. The van der Waals surface area contributed by atoms with Crippen LogP contribution in [0.15, 0.2) is 27.6 Å². The van der Waals surface area contributed by atoms with Gasteiger partial charge in [-0.05, 0) is 43.5 Å². The van der Waals surface area contributed by atoms with E-state index in [1.807, 2.05) is 19.1 Å². The van der Waals surface area contributed by atoms with Crippen LogP contribution in [0.5, 0.6) is 0 Å². The van der Waals surface area contributed by atoms with Gasteiger partial charge in [0.1, 0.15) is 0 Å². The van der Waals surface area contributed by atoms with Gasteiger partial charge in [-0.3, -0.25) is 14.5 Å². The van der Waals surface area contributed by atoms with Crippen LogP contribution in [0.25, 0.3) is 0 Å². The smallest absolute Gasteiger partial charge is 0.233 e. The quantitative estimate of drug-likeness (QED) is 0.701. The van der Waals surface area contributed by atoms with Gasteiger partial charge in [-0.15, -0.1) is 11.8 Å². The molecule has 0 bridgehead atoms. The number of nitrogens with one attached hydrogen (secondary N) is 2. The molecule has 0 radical (unpaired) electrons. The van der Waals surface area contributed by atoms with Gasteiger partial charge < -0.3 is 10.6 Å². The van der Waals surface area contributed by atoms with Crippen molar-refractivity contribution in [1.82, 2.24) is 15.5 Å². The van der Waals surface area contributed by atoms with Crippen LogP contribution in [0.4, 0.5) is 0 Å². The van der Waals surface area contributed by atoms with E-state index in [1.165, 1.54) is 5.56 Å². The number of aryl methyl sites for hydroxylation is 1. The number of carbonyl (C=O) groups excluding carboxylic acids is 2. The topological polar surface area (TPSA) is 61.4 Å². The second-order valence-electron chi connectivity index (χ2n) is 5.99. The molecule has 1 fully saturated rings. The van der Waals surface area contributed by atoms with Crippen molar-refractivity contribution in [3.63, 3.8) is 0 Å². The van der Waals surface area contributed by atoms with Crippen molar-refractivity contribution < 1.29 is 9.59 Å². The summed E-state index contributed by atoms with van der Waals surface area (Å²) < 4.78 is 1.05. The fourth-order valence-corrected chi connectivity index (χ4v) is 4.00. The molecule has 132 valence electrons. The normalized spacial score (nSPS) is 16.0. The number of halogens is 1. The second-order valence-corrected chi connectivity index (χ2v) is 7.92. The van der Waals surface area contributed by atoms with E-state index in [9.17, 15) is 9.59 Å². The highest BCUT2D eigenvalue weighted by atomic mass is 79.9. The fraction of sp³-hybridized carbons (Fsp3) is 0.529. The van der Waals surface area contributed by atoms with Gasteiger partial charge in [-0.2, -0.15) is 0 Å². The van der Waals surface area contributed by atoms with Crippen molar-refractivity contribution in [3.05, 3.63) is 28.2 Å². The van der Waals surface area contributed by atoms with E-state index in [0.717, 1.165) is 35.3 Å². The summed E-state index contributed by atoms with van der Waals surface area (Å²) in [6, 6.07) is 6.30. The van der Waals surface area contributed by atoms with Crippen LogP contribution in [-0.4, -0.2) is 55.2 Å². The van der Waals surface area contributed by atoms with Crippen molar-refractivity contribution in [1.29, 1.82) is 0 Å². The first kappa shape index (κ1) is 19.3. The number of thioether (sulfide) groups is 1. The third-order valence-corrected chi connectivity index (χ3v) is 5.76. The zero-order valence-electron chi connectivity index (χ0n) is 14.1. The van der Waals surface area contributed by atoms with Gasteiger partial charge in [-0.25, -0.2) is 0 Å². The molecule has 5 nitrogen and oxygen atoms in total. The van der Waals surface area contributed by atoms with Gasteiger partial charge in [0.05, 0.1) is 12.3 Å². The third-order valence-electron chi connectivity index (χ3n) is 4.09. The highest BCUT2D eigenvalue weighted by Gasteiger charge is 2.21. The summed E-state index contributed by atoms with van der Waals surface area (Å²) in [7, 11) is 1.65. The maximum absolute atomic E-state index is 12.1. The van der Waals surface area contributed by atoms with Gasteiger partial charge in [0.15, 0.2) is 0 Å². The maximum Gasteiger partial charge on any atom is 0.233 e. The van der Waals surface area contributed by atoms with Crippen molar-refractivity contribution in [2.24, 2.45) is 0 Å². The molecule has 2 N–H and O–H groups in total. The van der Waals surface area contributed by atoms with Crippen LogP contribution in [0.1, 0.15) is 18.4 Å². The first-order valence-corrected chi connectivity index (χ1v) is 9.87. The van der Waals surface area contributed by atoms with E-state index in [1.54, 1.807) is 18.8 Å². The predicted molar refractivity (Wildman–Crippen MR) is 101 cm³/mol. The zero-order chi connectivity index (χ0) is 17.5. The van der Waals surface area contributed by atoms with Gasteiger partial charge in [0.25, 0.3) is 0 Å². The molecule has 1 heterocycles. The Kier molecular flexibility index (Phi) is 7.58. The van der Waals surface area contributed by atoms with Gasteiger partial charge in [0, 0.05) is 35.5 Å². The van der Waals surface area contributed by atoms with E-state index in [-0.39, 0.29) is 17.9 Å². The molecule has 1 aromatic carbocycles. The van der Waals surface area contributed by atoms with Crippen molar-refractivity contribution in [2.45, 2.75) is 30.7 Å². The largest absolute Gasteiger partial charge is 0.358 e. The first-order chi connectivity index (χ1) is 11.5. The van der Waals surface area contributed by atoms with E-state index in [4.69, 9.17) is 0 Å². The van der Waals surface area contributed by atoms with E-state index in [0.29, 0.717) is 12.3 Å². The fourth-order valence-electron chi connectivity index (χ4n) is 2.70. The Balaban J connectivity index is 1.71. The number of likely N-dealkylation sites (tertiary alicyclic amines) is 1. The van der Waals surface area contributed by atoms with E-state index in [2.05, 4.69) is 37.5 Å². The highest BCUT2D eigenvalue weighted by molar-refractivity contribution is 9.10. The minimum absolute atomic E-state index is 0.0405.